The van der Waals surface area contributed by atoms with Gasteiger partial charge in [-0.1, -0.05) is 206 Å². The maximum atomic E-state index is 13.2. The topological polar surface area (TPSA) is 307 Å². The largest absolute Gasteiger partial charge is 0.394 e. The fourth-order valence-electron chi connectivity index (χ4n) is 10.4. The van der Waals surface area contributed by atoms with Crippen molar-refractivity contribution in [3.8, 4) is 0 Å². The Morgan fingerprint density at radius 1 is 0.461 bits per heavy atom. The Hall–Kier alpha value is -1.47. The summed E-state index contributed by atoms with van der Waals surface area (Å²) in [5.41, 5.74) is 0. The van der Waals surface area contributed by atoms with Crippen molar-refractivity contribution in [1.82, 2.24) is 5.32 Å². The van der Waals surface area contributed by atoms with E-state index in [-0.39, 0.29) is 18.9 Å². The van der Waals surface area contributed by atoms with Gasteiger partial charge in [0.2, 0.25) is 5.91 Å². The molecule has 3 saturated heterocycles. The zero-order chi connectivity index (χ0) is 55.5. The van der Waals surface area contributed by atoms with Crippen molar-refractivity contribution in [2.45, 2.75) is 317 Å². The summed E-state index contributed by atoms with van der Waals surface area (Å²) in [5, 5.41) is 119. The van der Waals surface area contributed by atoms with E-state index in [1.807, 2.05) is 13.0 Å². The number of carbonyl (C=O) groups is 1. The highest BCUT2D eigenvalue weighted by molar-refractivity contribution is 5.76. The van der Waals surface area contributed by atoms with Gasteiger partial charge in [0.1, 0.15) is 73.2 Å². The molecule has 0 aromatic heterocycles. The summed E-state index contributed by atoms with van der Waals surface area (Å²) in [6.07, 6.45) is 14.7. The minimum absolute atomic E-state index is 0.247. The van der Waals surface area contributed by atoms with Crippen molar-refractivity contribution in [3.63, 3.8) is 0 Å². The zero-order valence-electron chi connectivity index (χ0n) is 46.5. The molecule has 3 aliphatic rings. The molecule has 76 heavy (non-hydrogen) atoms. The van der Waals surface area contributed by atoms with Crippen LogP contribution in [0.1, 0.15) is 213 Å². The van der Waals surface area contributed by atoms with Gasteiger partial charge in [-0.3, -0.25) is 4.79 Å². The van der Waals surface area contributed by atoms with E-state index in [9.17, 15) is 61.0 Å². The molecule has 19 nitrogen and oxygen atoms in total. The number of amides is 1. The Balaban J connectivity index is 1.32. The van der Waals surface area contributed by atoms with Gasteiger partial charge < -0.3 is 89.9 Å². The fraction of sp³-hybridized carbons (Fsp3) is 0.947. The average molecular weight is 1090 g/mol. The number of hydrogen-bond acceptors (Lipinski definition) is 18. The second-order valence-electron chi connectivity index (χ2n) is 21.8. The van der Waals surface area contributed by atoms with Gasteiger partial charge in [-0.2, -0.15) is 0 Å². The molecular weight excluding hydrogens is 987 g/mol. The van der Waals surface area contributed by atoms with E-state index in [2.05, 4.69) is 12.2 Å². The molecule has 3 heterocycles. The summed E-state index contributed by atoms with van der Waals surface area (Å²) in [6.45, 7) is 1.56. The van der Waals surface area contributed by atoms with Gasteiger partial charge >= 0.3 is 0 Å². The molecule has 3 aliphatic heterocycles. The molecule has 17 unspecified atom stereocenters. The number of hydrogen-bond donors (Lipinski definition) is 12. The van der Waals surface area contributed by atoms with Crippen molar-refractivity contribution < 1.29 is 89.4 Å². The number of allylic oxidation sites excluding steroid dienone is 1. The molecule has 0 aromatic rings. The lowest BCUT2D eigenvalue weighted by atomic mass is 9.96. The Kier molecular flexibility index (Phi) is 37.6. The van der Waals surface area contributed by atoms with Gasteiger partial charge in [0.25, 0.3) is 0 Å². The number of ether oxygens (including phenoxy) is 6. The predicted octanol–water partition coefficient (Wildman–Crippen LogP) is 4.99. The molecule has 448 valence electrons. The van der Waals surface area contributed by atoms with Crippen LogP contribution >= 0.6 is 0 Å². The van der Waals surface area contributed by atoms with E-state index in [0.717, 1.165) is 32.1 Å². The van der Waals surface area contributed by atoms with Crippen LogP contribution in [0.25, 0.3) is 0 Å². The van der Waals surface area contributed by atoms with Crippen LogP contribution in [-0.4, -0.2) is 193 Å². The molecule has 17 atom stereocenters. The summed E-state index contributed by atoms with van der Waals surface area (Å²) >= 11 is 0. The van der Waals surface area contributed by atoms with Crippen LogP contribution in [0.5, 0.6) is 0 Å². The van der Waals surface area contributed by atoms with Crippen molar-refractivity contribution >= 4 is 5.91 Å². The Morgan fingerprint density at radius 2 is 0.816 bits per heavy atom. The smallest absolute Gasteiger partial charge is 0.220 e. The number of nitrogens with one attached hydrogen (secondary N) is 1. The Labute approximate surface area is 455 Å². The summed E-state index contributed by atoms with van der Waals surface area (Å²) in [6, 6.07) is -0.963. The summed E-state index contributed by atoms with van der Waals surface area (Å²) in [5.74, 6) is -0.281. The second-order valence-corrected chi connectivity index (χ2v) is 21.8. The van der Waals surface area contributed by atoms with Crippen LogP contribution < -0.4 is 5.32 Å². The lowest BCUT2D eigenvalue weighted by molar-refractivity contribution is -0.379. The first-order chi connectivity index (χ1) is 36.8. The molecule has 12 N–H and O–H groups in total. The predicted molar refractivity (Wildman–Crippen MR) is 287 cm³/mol. The standard InChI is InChI=1S/C57H107NO18/c1-3-5-7-9-10-11-12-13-14-15-16-17-18-19-20-21-22-23-24-25-26-27-28-29-30-31-33-35-45(63)58-40(41(62)34-32-8-6-4-2)39-71-55-51(69)48(66)53(43(37-60)73-55)76-57-52(70)49(67)54(44(38-61)74-57)75-56-50(68)47(65)46(64)42(36-59)72-56/h32,34,40-44,46-57,59-62,64-70H,3-31,33,35-39H2,1-2H3,(H,58,63)/b34-32+. The number of aliphatic hydroxyl groups excluding tert-OH is 11. The first kappa shape index (κ1) is 68.8. The molecule has 19 heteroatoms. The van der Waals surface area contributed by atoms with Gasteiger partial charge in [-0.05, 0) is 12.8 Å². The highest BCUT2D eigenvalue weighted by Crippen LogP contribution is 2.33. The van der Waals surface area contributed by atoms with Crippen LogP contribution in [0.15, 0.2) is 12.2 Å². The minimum atomic E-state index is -1.97. The van der Waals surface area contributed by atoms with Gasteiger partial charge in [0.05, 0.1) is 38.6 Å². The van der Waals surface area contributed by atoms with Gasteiger partial charge in [0, 0.05) is 6.42 Å². The SMILES string of the molecule is CCCC/C=C/C(O)C(COC1OC(CO)C(OC2OC(CO)C(OC3OC(CO)C(O)C(O)C3O)C(O)C2O)C(O)C1O)NC(=O)CCCCCCCCCCCCCCCCCCCCCCCCCCCCC. The maximum Gasteiger partial charge on any atom is 0.220 e. The van der Waals surface area contributed by atoms with E-state index in [1.54, 1.807) is 6.08 Å². The summed E-state index contributed by atoms with van der Waals surface area (Å²) in [4.78, 5) is 13.2. The fourth-order valence-corrected chi connectivity index (χ4v) is 10.4. The quantitative estimate of drug-likeness (QED) is 0.0283. The average Bonchev–Trinajstić information content (AvgIpc) is 3.42. The van der Waals surface area contributed by atoms with Crippen LogP contribution in [0.3, 0.4) is 0 Å². The molecule has 0 aliphatic carbocycles. The summed E-state index contributed by atoms with van der Waals surface area (Å²) in [7, 11) is 0. The Bertz CT molecular complexity index is 1450. The third-order valence-electron chi connectivity index (χ3n) is 15.3. The summed E-state index contributed by atoms with van der Waals surface area (Å²) < 4.78 is 34.0. The van der Waals surface area contributed by atoms with E-state index in [4.69, 9.17) is 28.4 Å². The van der Waals surface area contributed by atoms with Gasteiger partial charge in [-0.25, -0.2) is 0 Å². The third-order valence-corrected chi connectivity index (χ3v) is 15.3. The van der Waals surface area contributed by atoms with Crippen molar-refractivity contribution in [2.75, 3.05) is 26.4 Å². The number of aliphatic hydroxyl groups is 11. The first-order valence-electron chi connectivity index (χ1n) is 29.9. The number of carbonyl (C=O) groups excluding carboxylic acids is 1. The number of rotatable bonds is 44. The van der Waals surface area contributed by atoms with E-state index < -0.39 is 124 Å². The molecule has 0 aromatic carbocycles. The lowest BCUT2D eigenvalue weighted by Gasteiger charge is -2.48. The Morgan fingerprint density at radius 3 is 1.22 bits per heavy atom. The molecular formula is C57H107NO18. The van der Waals surface area contributed by atoms with Crippen LogP contribution in [0, 0.1) is 0 Å². The third kappa shape index (κ3) is 25.5. The van der Waals surface area contributed by atoms with Gasteiger partial charge in [-0.15, -0.1) is 0 Å². The molecule has 0 saturated carbocycles. The highest BCUT2D eigenvalue weighted by atomic mass is 16.8. The van der Waals surface area contributed by atoms with Gasteiger partial charge in [0.15, 0.2) is 18.9 Å². The van der Waals surface area contributed by atoms with Crippen molar-refractivity contribution in [2.24, 2.45) is 0 Å². The molecule has 0 spiro atoms. The molecule has 0 radical (unpaired) electrons. The molecule has 0 bridgehead atoms. The number of unbranched alkanes of at least 4 members (excludes halogenated alkanes) is 28. The van der Waals surface area contributed by atoms with Crippen molar-refractivity contribution in [3.05, 3.63) is 12.2 Å². The second kappa shape index (κ2) is 41.5. The van der Waals surface area contributed by atoms with Crippen LogP contribution in [0.2, 0.25) is 0 Å². The van der Waals surface area contributed by atoms with E-state index in [0.29, 0.717) is 12.8 Å². The minimum Gasteiger partial charge on any atom is -0.394 e. The zero-order valence-corrected chi connectivity index (χ0v) is 46.5. The highest BCUT2D eigenvalue weighted by Gasteiger charge is 2.53. The van der Waals surface area contributed by atoms with E-state index in [1.165, 1.54) is 148 Å². The van der Waals surface area contributed by atoms with Crippen molar-refractivity contribution in [1.29, 1.82) is 0 Å². The molecule has 3 rings (SSSR count). The lowest BCUT2D eigenvalue weighted by Crippen LogP contribution is -2.66. The van der Waals surface area contributed by atoms with Crippen LogP contribution in [-0.2, 0) is 33.2 Å². The van der Waals surface area contributed by atoms with E-state index >= 15 is 0 Å². The first-order valence-corrected chi connectivity index (χ1v) is 29.9. The molecule has 3 fully saturated rings. The monoisotopic (exact) mass is 1090 g/mol. The van der Waals surface area contributed by atoms with Crippen LogP contribution in [0.4, 0.5) is 0 Å². The maximum absolute atomic E-state index is 13.2. The molecule has 1 amide bonds. The normalized spacial score (nSPS) is 31.0.